The van der Waals surface area contributed by atoms with Crippen LogP contribution in [0.25, 0.3) is 27.5 Å². The van der Waals surface area contributed by atoms with Crippen LogP contribution in [0, 0.1) is 0 Å². The maximum Gasteiger partial charge on any atom is 0.154 e. The monoisotopic (exact) mass is 208 g/mol. The zero-order valence-corrected chi connectivity index (χ0v) is 8.38. The van der Waals surface area contributed by atoms with E-state index in [9.17, 15) is 0 Å². The fourth-order valence-corrected chi connectivity index (χ4v) is 2.24. The number of fused-ring (bicyclic) bond motifs is 2. The van der Waals surface area contributed by atoms with Crippen molar-refractivity contribution in [2.24, 2.45) is 0 Å². The van der Waals surface area contributed by atoms with Crippen LogP contribution >= 0.6 is 0 Å². The van der Waals surface area contributed by atoms with E-state index in [2.05, 4.69) is 39.6 Å². The first kappa shape index (κ1) is 7.87. The molecule has 4 nitrogen and oxygen atoms in total. The number of hydrogen-bond acceptors (Lipinski definition) is 2. The average molecular weight is 208 g/mol. The van der Waals surface area contributed by atoms with Crippen molar-refractivity contribution < 1.29 is 0 Å². The van der Waals surface area contributed by atoms with E-state index in [1.54, 1.807) is 6.20 Å². The summed E-state index contributed by atoms with van der Waals surface area (Å²) in [6.45, 7) is 0. The van der Waals surface area contributed by atoms with Gasteiger partial charge in [-0.15, -0.1) is 5.10 Å². The van der Waals surface area contributed by atoms with E-state index in [1.165, 1.54) is 10.8 Å². The van der Waals surface area contributed by atoms with Gasteiger partial charge in [-0.25, -0.2) is 0 Å². The first-order chi connectivity index (χ1) is 7.93. The molecule has 0 bridgehead atoms. The largest absolute Gasteiger partial charge is 0.338 e. The van der Waals surface area contributed by atoms with Gasteiger partial charge < -0.3 is 4.98 Å². The Bertz CT molecular complexity index is 804. The minimum Gasteiger partial charge on any atom is -0.338 e. The Kier molecular flexibility index (Phi) is 1.28. The number of rotatable bonds is 0. The molecule has 2 aromatic heterocycles. The van der Waals surface area contributed by atoms with Crippen molar-refractivity contribution >= 4 is 27.5 Å². The van der Waals surface area contributed by atoms with E-state index >= 15 is 0 Å². The summed E-state index contributed by atoms with van der Waals surface area (Å²) in [4.78, 5) is 3.32. The molecular formula is C12H8N4. The predicted octanol–water partition coefficient (Wildman–Crippen LogP) is 2.36. The van der Waals surface area contributed by atoms with Crippen LogP contribution in [0.2, 0.25) is 0 Å². The summed E-state index contributed by atoms with van der Waals surface area (Å²) in [7, 11) is 0. The van der Waals surface area contributed by atoms with Gasteiger partial charge in [-0.2, -0.15) is 4.52 Å². The Morgan fingerprint density at radius 1 is 1.06 bits per heavy atom. The van der Waals surface area contributed by atoms with Crippen molar-refractivity contribution in [2.45, 2.75) is 0 Å². The third-order valence-corrected chi connectivity index (χ3v) is 2.92. The summed E-state index contributed by atoms with van der Waals surface area (Å²) in [6.07, 6.45) is 1.73. The summed E-state index contributed by atoms with van der Waals surface area (Å²) in [5.41, 5.74) is 3.11. The topological polar surface area (TPSA) is 46.0 Å². The molecule has 0 aliphatic carbocycles. The molecule has 0 fully saturated rings. The summed E-state index contributed by atoms with van der Waals surface area (Å²) in [5.74, 6) is 0. The molecule has 0 saturated heterocycles. The van der Waals surface area contributed by atoms with Gasteiger partial charge >= 0.3 is 0 Å². The summed E-state index contributed by atoms with van der Waals surface area (Å²) in [5, 5.41) is 10.4. The normalized spacial score (nSPS) is 11.8. The Balaban J connectivity index is 2.48. The summed E-state index contributed by atoms with van der Waals surface area (Å²) >= 11 is 0. The van der Waals surface area contributed by atoms with Gasteiger partial charge in [0.15, 0.2) is 5.65 Å². The quantitative estimate of drug-likeness (QED) is 0.482. The van der Waals surface area contributed by atoms with Crippen molar-refractivity contribution in [3.8, 4) is 0 Å². The van der Waals surface area contributed by atoms with Gasteiger partial charge in [-0.1, -0.05) is 29.5 Å². The Hall–Kier alpha value is -2.36. The van der Waals surface area contributed by atoms with Gasteiger partial charge in [-0.3, -0.25) is 0 Å². The zero-order chi connectivity index (χ0) is 10.5. The van der Waals surface area contributed by atoms with Crippen molar-refractivity contribution in [1.29, 1.82) is 0 Å². The average Bonchev–Trinajstić information content (AvgIpc) is 2.78. The lowest BCUT2D eigenvalue weighted by atomic mass is 10.1. The molecule has 0 aliphatic heterocycles. The molecule has 16 heavy (non-hydrogen) atoms. The van der Waals surface area contributed by atoms with Crippen molar-refractivity contribution in [1.82, 2.24) is 19.8 Å². The lowest BCUT2D eigenvalue weighted by Crippen LogP contribution is -1.94. The highest BCUT2D eigenvalue weighted by Gasteiger charge is 2.06. The molecule has 4 heteroatoms. The van der Waals surface area contributed by atoms with Gasteiger partial charge in [0, 0.05) is 10.9 Å². The summed E-state index contributed by atoms with van der Waals surface area (Å²) in [6, 6.07) is 12.4. The SMILES string of the molecule is c1cc2cccc3c2c(c1)[nH]c1cnnn13. The minimum absolute atomic E-state index is 0.909. The molecule has 0 atom stereocenters. The van der Waals surface area contributed by atoms with Crippen LogP contribution < -0.4 is 0 Å². The van der Waals surface area contributed by atoms with Crippen molar-refractivity contribution in [3.63, 3.8) is 0 Å². The highest BCUT2D eigenvalue weighted by atomic mass is 15.4. The number of aromatic nitrogens is 4. The van der Waals surface area contributed by atoms with E-state index in [0.29, 0.717) is 0 Å². The van der Waals surface area contributed by atoms with Gasteiger partial charge in [0.05, 0.1) is 11.7 Å². The number of nitrogens with zero attached hydrogens (tertiary/aromatic N) is 3. The fraction of sp³-hybridized carbons (Fsp3) is 0. The lowest BCUT2D eigenvalue weighted by molar-refractivity contribution is 0.877. The number of hydrogen-bond donors (Lipinski definition) is 1. The lowest BCUT2D eigenvalue weighted by Gasteiger charge is -2.06. The second-order valence-electron chi connectivity index (χ2n) is 3.84. The third-order valence-electron chi connectivity index (χ3n) is 2.92. The molecule has 4 rings (SSSR count). The van der Waals surface area contributed by atoms with E-state index in [-0.39, 0.29) is 0 Å². The van der Waals surface area contributed by atoms with Crippen LogP contribution in [0.15, 0.2) is 42.6 Å². The fourth-order valence-electron chi connectivity index (χ4n) is 2.24. The second kappa shape index (κ2) is 2.61. The number of benzene rings is 2. The molecule has 0 aliphatic rings. The molecule has 76 valence electrons. The molecule has 4 aromatic rings. The highest BCUT2D eigenvalue weighted by Crippen LogP contribution is 2.25. The van der Waals surface area contributed by atoms with Crippen molar-refractivity contribution in [3.05, 3.63) is 42.6 Å². The van der Waals surface area contributed by atoms with E-state index in [4.69, 9.17) is 0 Å². The first-order valence-corrected chi connectivity index (χ1v) is 5.13. The van der Waals surface area contributed by atoms with E-state index in [1.807, 2.05) is 16.6 Å². The third kappa shape index (κ3) is 0.839. The molecular weight excluding hydrogens is 200 g/mol. The van der Waals surface area contributed by atoms with E-state index < -0.39 is 0 Å². The standard InChI is InChI=1S/C12H8N4/c1-3-8-4-2-6-10-12(8)9(5-1)14-11-7-13-15-16(10)11/h1-7,14H. The Morgan fingerprint density at radius 2 is 1.94 bits per heavy atom. The van der Waals surface area contributed by atoms with Gasteiger partial charge in [0.2, 0.25) is 0 Å². The van der Waals surface area contributed by atoms with Crippen LogP contribution in [0.1, 0.15) is 0 Å². The van der Waals surface area contributed by atoms with Gasteiger partial charge in [-0.05, 0) is 17.5 Å². The Morgan fingerprint density at radius 3 is 2.88 bits per heavy atom. The maximum atomic E-state index is 4.08. The van der Waals surface area contributed by atoms with Gasteiger partial charge in [0.1, 0.15) is 0 Å². The van der Waals surface area contributed by atoms with E-state index in [0.717, 1.165) is 16.7 Å². The number of aromatic amines is 1. The summed E-state index contributed by atoms with van der Waals surface area (Å²) < 4.78 is 1.83. The molecule has 0 saturated carbocycles. The predicted molar refractivity (Wildman–Crippen MR) is 62.3 cm³/mol. The molecule has 0 radical (unpaired) electrons. The van der Waals surface area contributed by atoms with Crippen LogP contribution in [0.5, 0.6) is 0 Å². The molecule has 2 heterocycles. The molecule has 0 amide bonds. The van der Waals surface area contributed by atoms with Crippen LogP contribution in [-0.2, 0) is 0 Å². The maximum absolute atomic E-state index is 4.08. The molecule has 0 spiro atoms. The highest BCUT2D eigenvalue weighted by molar-refractivity contribution is 6.07. The second-order valence-corrected chi connectivity index (χ2v) is 3.84. The van der Waals surface area contributed by atoms with Crippen LogP contribution in [0.4, 0.5) is 0 Å². The number of nitrogens with one attached hydrogen (secondary N) is 1. The minimum atomic E-state index is 0.909. The molecule has 2 aromatic carbocycles. The Labute approximate surface area is 90.5 Å². The van der Waals surface area contributed by atoms with Gasteiger partial charge in [0.25, 0.3) is 0 Å². The van der Waals surface area contributed by atoms with Crippen molar-refractivity contribution in [2.75, 3.05) is 0 Å². The van der Waals surface area contributed by atoms with Crippen LogP contribution in [0.3, 0.4) is 0 Å². The number of H-pyrrole nitrogens is 1. The zero-order valence-electron chi connectivity index (χ0n) is 8.38. The smallest absolute Gasteiger partial charge is 0.154 e. The first-order valence-electron chi connectivity index (χ1n) is 5.13. The molecule has 1 N–H and O–H groups in total. The molecule has 0 unspecified atom stereocenters. The van der Waals surface area contributed by atoms with Crippen LogP contribution in [-0.4, -0.2) is 19.8 Å².